The zero-order chi connectivity index (χ0) is 12.3. The van der Waals surface area contributed by atoms with E-state index in [0.717, 1.165) is 4.47 Å². The summed E-state index contributed by atoms with van der Waals surface area (Å²) >= 11 is 3.30. The van der Waals surface area contributed by atoms with E-state index in [1.54, 1.807) is 18.2 Å². The number of halogens is 2. The number of nitrogens with one attached hydrogen (secondary N) is 1. The Hall–Kier alpha value is -1.68. The maximum absolute atomic E-state index is 12.7. The largest absolute Gasteiger partial charge is 0.322 e. The quantitative estimate of drug-likeness (QED) is 0.895. The molecular weight excluding hydrogens is 285 g/mol. The molecule has 0 aliphatic rings. The highest BCUT2D eigenvalue weighted by atomic mass is 79.9. The van der Waals surface area contributed by atoms with Crippen LogP contribution in [0.15, 0.2) is 53.0 Å². The van der Waals surface area contributed by atoms with Crippen molar-refractivity contribution >= 4 is 27.5 Å². The standard InChI is InChI=1S/C13H9BrFNO/c14-12-4-2-1-3-11(12)13(17)16-10-7-5-9(15)6-8-10/h1-8H,(H,16,17). The van der Waals surface area contributed by atoms with Crippen molar-refractivity contribution in [1.29, 1.82) is 0 Å². The summed E-state index contributed by atoms with van der Waals surface area (Å²) < 4.78 is 13.4. The SMILES string of the molecule is O=C(Nc1ccc(F)cc1)c1ccccc1Br. The van der Waals surface area contributed by atoms with Crippen LogP contribution in [-0.2, 0) is 0 Å². The normalized spacial score (nSPS) is 10.0. The molecule has 4 heteroatoms. The van der Waals surface area contributed by atoms with Gasteiger partial charge in [0.1, 0.15) is 5.82 Å². The molecule has 0 fully saturated rings. The third-order valence-corrected chi connectivity index (χ3v) is 2.91. The second-order valence-corrected chi connectivity index (χ2v) is 4.30. The summed E-state index contributed by atoms with van der Waals surface area (Å²) in [5.41, 5.74) is 1.10. The van der Waals surface area contributed by atoms with Gasteiger partial charge in [0.2, 0.25) is 0 Å². The smallest absolute Gasteiger partial charge is 0.256 e. The second kappa shape index (κ2) is 5.10. The Morgan fingerprint density at radius 3 is 2.35 bits per heavy atom. The lowest BCUT2D eigenvalue weighted by Crippen LogP contribution is -2.12. The number of rotatable bonds is 2. The Balaban J connectivity index is 2.17. The number of benzene rings is 2. The molecule has 86 valence electrons. The maximum Gasteiger partial charge on any atom is 0.256 e. The third-order valence-electron chi connectivity index (χ3n) is 2.22. The molecule has 2 rings (SSSR count). The summed E-state index contributed by atoms with van der Waals surface area (Å²) in [5.74, 6) is -0.562. The Morgan fingerprint density at radius 1 is 1.06 bits per heavy atom. The number of amides is 1. The lowest BCUT2D eigenvalue weighted by molar-refractivity contribution is 0.102. The van der Waals surface area contributed by atoms with E-state index in [9.17, 15) is 9.18 Å². The molecule has 0 aromatic heterocycles. The minimum Gasteiger partial charge on any atom is -0.322 e. The lowest BCUT2D eigenvalue weighted by Gasteiger charge is -2.06. The first-order chi connectivity index (χ1) is 8.16. The van der Waals surface area contributed by atoms with Crippen LogP contribution in [-0.4, -0.2) is 5.91 Å². The molecule has 2 aromatic rings. The fourth-order valence-electron chi connectivity index (χ4n) is 1.38. The van der Waals surface area contributed by atoms with Gasteiger partial charge >= 0.3 is 0 Å². The minimum absolute atomic E-state index is 0.232. The van der Waals surface area contributed by atoms with Gasteiger partial charge in [-0.1, -0.05) is 12.1 Å². The molecule has 0 aliphatic heterocycles. The summed E-state index contributed by atoms with van der Waals surface area (Å²) in [7, 11) is 0. The van der Waals surface area contributed by atoms with E-state index in [2.05, 4.69) is 21.2 Å². The Labute approximate surface area is 107 Å². The van der Waals surface area contributed by atoms with E-state index in [1.165, 1.54) is 24.3 Å². The van der Waals surface area contributed by atoms with E-state index >= 15 is 0 Å². The Morgan fingerprint density at radius 2 is 1.71 bits per heavy atom. The summed E-state index contributed by atoms with van der Waals surface area (Å²) in [4.78, 5) is 11.9. The first-order valence-corrected chi connectivity index (χ1v) is 5.77. The first kappa shape index (κ1) is 11.8. The van der Waals surface area contributed by atoms with Gasteiger partial charge in [0, 0.05) is 10.2 Å². The number of hydrogen-bond donors (Lipinski definition) is 1. The number of carbonyl (C=O) groups is 1. The maximum atomic E-state index is 12.7. The van der Waals surface area contributed by atoms with Gasteiger partial charge in [-0.05, 0) is 52.3 Å². The van der Waals surface area contributed by atoms with Crippen LogP contribution >= 0.6 is 15.9 Å². The van der Waals surface area contributed by atoms with Crippen molar-refractivity contribution in [2.24, 2.45) is 0 Å². The average molecular weight is 294 g/mol. The van der Waals surface area contributed by atoms with E-state index in [1.807, 2.05) is 6.07 Å². The molecule has 0 radical (unpaired) electrons. The number of anilines is 1. The number of carbonyl (C=O) groups excluding carboxylic acids is 1. The molecule has 0 heterocycles. The molecule has 1 N–H and O–H groups in total. The van der Waals surface area contributed by atoms with Crippen LogP contribution in [0.5, 0.6) is 0 Å². The molecule has 1 amide bonds. The van der Waals surface area contributed by atoms with Crippen LogP contribution in [0.2, 0.25) is 0 Å². The van der Waals surface area contributed by atoms with Crippen LogP contribution in [0.3, 0.4) is 0 Å². The highest BCUT2D eigenvalue weighted by Gasteiger charge is 2.08. The van der Waals surface area contributed by atoms with Gasteiger partial charge in [-0.3, -0.25) is 4.79 Å². The van der Waals surface area contributed by atoms with Crippen molar-refractivity contribution < 1.29 is 9.18 Å². The van der Waals surface area contributed by atoms with Crippen LogP contribution in [0.1, 0.15) is 10.4 Å². The van der Waals surface area contributed by atoms with Crippen LogP contribution in [0, 0.1) is 5.82 Å². The van der Waals surface area contributed by atoms with Gasteiger partial charge < -0.3 is 5.32 Å². The molecule has 0 atom stereocenters. The molecule has 2 aromatic carbocycles. The molecule has 0 saturated heterocycles. The van der Waals surface area contributed by atoms with Gasteiger partial charge in [-0.15, -0.1) is 0 Å². The van der Waals surface area contributed by atoms with Crippen LogP contribution in [0.4, 0.5) is 10.1 Å². The third kappa shape index (κ3) is 2.91. The van der Waals surface area contributed by atoms with Gasteiger partial charge in [-0.25, -0.2) is 4.39 Å². The van der Waals surface area contributed by atoms with Crippen molar-refractivity contribution in [3.8, 4) is 0 Å². The molecule has 17 heavy (non-hydrogen) atoms. The predicted molar refractivity (Wildman–Crippen MR) is 68.5 cm³/mol. The highest BCUT2D eigenvalue weighted by Crippen LogP contribution is 2.17. The summed E-state index contributed by atoms with van der Waals surface area (Å²) in [5, 5.41) is 2.69. The molecule has 0 aliphatic carbocycles. The molecule has 0 bridgehead atoms. The lowest BCUT2D eigenvalue weighted by atomic mass is 10.2. The van der Waals surface area contributed by atoms with E-state index in [0.29, 0.717) is 11.3 Å². The van der Waals surface area contributed by atoms with E-state index in [4.69, 9.17) is 0 Å². The molecule has 0 saturated carbocycles. The highest BCUT2D eigenvalue weighted by molar-refractivity contribution is 9.10. The monoisotopic (exact) mass is 293 g/mol. The fourth-order valence-corrected chi connectivity index (χ4v) is 1.84. The Kier molecular flexibility index (Phi) is 3.54. The molecule has 0 spiro atoms. The zero-order valence-electron chi connectivity index (χ0n) is 8.78. The molecular formula is C13H9BrFNO. The Bertz CT molecular complexity index is 539. The molecule has 0 unspecified atom stereocenters. The van der Waals surface area contributed by atoms with Crippen molar-refractivity contribution in [3.05, 3.63) is 64.4 Å². The summed E-state index contributed by atoms with van der Waals surface area (Å²) in [6.45, 7) is 0. The predicted octanol–water partition coefficient (Wildman–Crippen LogP) is 3.84. The second-order valence-electron chi connectivity index (χ2n) is 3.44. The van der Waals surface area contributed by atoms with E-state index < -0.39 is 0 Å². The van der Waals surface area contributed by atoms with Crippen molar-refractivity contribution in [2.75, 3.05) is 5.32 Å². The zero-order valence-corrected chi connectivity index (χ0v) is 10.4. The van der Waals surface area contributed by atoms with Gasteiger partial charge in [0.05, 0.1) is 5.56 Å². The average Bonchev–Trinajstić information content (AvgIpc) is 2.32. The van der Waals surface area contributed by atoms with E-state index in [-0.39, 0.29) is 11.7 Å². The minimum atomic E-state index is -0.330. The topological polar surface area (TPSA) is 29.1 Å². The van der Waals surface area contributed by atoms with Gasteiger partial charge in [-0.2, -0.15) is 0 Å². The van der Waals surface area contributed by atoms with Crippen LogP contribution < -0.4 is 5.32 Å². The van der Waals surface area contributed by atoms with Crippen molar-refractivity contribution in [3.63, 3.8) is 0 Å². The van der Waals surface area contributed by atoms with Crippen LogP contribution in [0.25, 0.3) is 0 Å². The number of hydrogen-bond acceptors (Lipinski definition) is 1. The summed E-state index contributed by atoms with van der Waals surface area (Å²) in [6.07, 6.45) is 0. The fraction of sp³-hybridized carbons (Fsp3) is 0. The van der Waals surface area contributed by atoms with Crippen molar-refractivity contribution in [2.45, 2.75) is 0 Å². The van der Waals surface area contributed by atoms with Gasteiger partial charge in [0.25, 0.3) is 5.91 Å². The summed E-state index contributed by atoms with van der Waals surface area (Å²) in [6, 6.07) is 12.8. The van der Waals surface area contributed by atoms with Gasteiger partial charge in [0.15, 0.2) is 0 Å². The van der Waals surface area contributed by atoms with Crippen molar-refractivity contribution in [1.82, 2.24) is 0 Å². The first-order valence-electron chi connectivity index (χ1n) is 4.98. The molecule has 2 nitrogen and oxygen atoms in total.